The van der Waals surface area contributed by atoms with Gasteiger partial charge in [-0.25, -0.2) is 9.59 Å². The zero-order valence-corrected chi connectivity index (χ0v) is 10.6. The number of hydrogen-bond acceptors (Lipinski definition) is 6. The van der Waals surface area contributed by atoms with Crippen molar-refractivity contribution >= 4 is 23.3 Å². The number of anilines is 2. The van der Waals surface area contributed by atoms with Crippen LogP contribution in [0.25, 0.3) is 0 Å². The molecule has 0 saturated heterocycles. The van der Waals surface area contributed by atoms with Crippen LogP contribution in [-0.2, 0) is 14.3 Å². The van der Waals surface area contributed by atoms with Gasteiger partial charge in [0.2, 0.25) is 0 Å². The minimum absolute atomic E-state index is 0.0420. The Morgan fingerprint density at radius 2 is 1.84 bits per heavy atom. The quantitative estimate of drug-likeness (QED) is 0.357. The predicted octanol–water partition coefficient (Wildman–Crippen LogP) is 1.13. The fourth-order valence-corrected chi connectivity index (χ4v) is 1.22. The maximum atomic E-state index is 11.7. The number of ether oxygens (including phenoxy) is 2. The van der Waals surface area contributed by atoms with Gasteiger partial charge >= 0.3 is 11.9 Å². The second kappa shape index (κ2) is 6.44. The molecule has 1 aromatic carbocycles. The molecule has 0 saturated carbocycles. The van der Waals surface area contributed by atoms with Gasteiger partial charge in [-0.05, 0) is 25.1 Å². The number of esters is 2. The lowest BCUT2D eigenvalue weighted by atomic mass is 10.1. The van der Waals surface area contributed by atoms with Crippen molar-refractivity contribution in [2.24, 2.45) is 0 Å². The molecular formula is C13H16N2O4. The Kier molecular flexibility index (Phi) is 4.93. The molecule has 19 heavy (non-hydrogen) atoms. The Balaban J connectivity index is 2.46. The number of hydrogen-bond donors (Lipinski definition) is 2. The van der Waals surface area contributed by atoms with Crippen LogP contribution < -0.4 is 11.5 Å². The summed E-state index contributed by atoms with van der Waals surface area (Å²) < 4.78 is 9.68. The molecule has 4 N–H and O–H groups in total. The van der Waals surface area contributed by atoms with Crippen molar-refractivity contribution in [3.63, 3.8) is 0 Å². The van der Waals surface area contributed by atoms with Gasteiger partial charge in [0.25, 0.3) is 0 Å². The molecule has 0 aliphatic heterocycles. The third-order valence-electron chi connectivity index (χ3n) is 2.20. The van der Waals surface area contributed by atoms with Crippen molar-refractivity contribution in [2.75, 3.05) is 24.7 Å². The monoisotopic (exact) mass is 264 g/mol. The van der Waals surface area contributed by atoms with Crippen molar-refractivity contribution < 1.29 is 19.1 Å². The van der Waals surface area contributed by atoms with E-state index < -0.39 is 11.9 Å². The van der Waals surface area contributed by atoms with Gasteiger partial charge in [0.15, 0.2) is 0 Å². The largest absolute Gasteiger partial charge is 0.459 e. The average molecular weight is 264 g/mol. The third kappa shape index (κ3) is 4.34. The molecule has 0 atom stereocenters. The first kappa shape index (κ1) is 14.6. The molecule has 102 valence electrons. The molecule has 0 amide bonds. The molecule has 0 aliphatic rings. The Hall–Kier alpha value is -2.50. The molecule has 0 bridgehead atoms. The van der Waals surface area contributed by atoms with E-state index in [4.69, 9.17) is 20.9 Å². The van der Waals surface area contributed by atoms with Crippen LogP contribution in [0.1, 0.15) is 17.3 Å². The second-order valence-electron chi connectivity index (χ2n) is 3.90. The maximum absolute atomic E-state index is 11.7. The van der Waals surface area contributed by atoms with E-state index >= 15 is 0 Å². The molecule has 1 rings (SSSR count). The predicted molar refractivity (Wildman–Crippen MR) is 71.3 cm³/mol. The zero-order chi connectivity index (χ0) is 14.4. The van der Waals surface area contributed by atoms with Gasteiger partial charge in [-0.1, -0.05) is 6.58 Å². The molecule has 0 aliphatic carbocycles. The van der Waals surface area contributed by atoms with E-state index in [9.17, 15) is 9.59 Å². The molecule has 0 fully saturated rings. The first-order valence-corrected chi connectivity index (χ1v) is 5.56. The highest BCUT2D eigenvalue weighted by atomic mass is 16.6. The van der Waals surface area contributed by atoms with Gasteiger partial charge in [-0.2, -0.15) is 0 Å². The van der Waals surface area contributed by atoms with Crippen LogP contribution in [0.5, 0.6) is 0 Å². The summed E-state index contributed by atoms with van der Waals surface area (Å²) in [4.78, 5) is 22.7. The molecule has 0 unspecified atom stereocenters. The minimum Gasteiger partial charge on any atom is -0.459 e. The van der Waals surface area contributed by atoms with Crippen LogP contribution in [0.4, 0.5) is 11.4 Å². The summed E-state index contributed by atoms with van der Waals surface area (Å²) in [5, 5.41) is 0. The van der Waals surface area contributed by atoms with Crippen molar-refractivity contribution in [3.05, 3.63) is 35.9 Å². The van der Waals surface area contributed by atoms with Crippen LogP contribution in [0.2, 0.25) is 0 Å². The number of nitrogens with two attached hydrogens (primary N) is 2. The number of nitrogen functional groups attached to an aromatic ring is 2. The standard InChI is InChI=1S/C13H16N2O4/c1-8(2)12(16)18-5-6-19-13(17)10-7-9(14)3-4-11(10)15/h3-4,7H,1,5-6,14-15H2,2H3. The SMILES string of the molecule is C=C(C)C(=O)OCCOC(=O)c1cc(N)ccc1N. The fourth-order valence-electron chi connectivity index (χ4n) is 1.22. The van der Waals surface area contributed by atoms with Gasteiger partial charge in [0.1, 0.15) is 13.2 Å². The first-order valence-electron chi connectivity index (χ1n) is 5.56. The van der Waals surface area contributed by atoms with Gasteiger partial charge < -0.3 is 20.9 Å². The zero-order valence-electron chi connectivity index (χ0n) is 10.6. The lowest BCUT2D eigenvalue weighted by Crippen LogP contribution is -2.15. The Bertz CT molecular complexity index is 511. The summed E-state index contributed by atoms with van der Waals surface area (Å²) in [5.41, 5.74) is 12.3. The molecule has 1 aromatic rings. The number of carbonyl (C=O) groups excluding carboxylic acids is 2. The number of benzene rings is 1. The summed E-state index contributed by atoms with van der Waals surface area (Å²) >= 11 is 0. The summed E-state index contributed by atoms with van der Waals surface area (Å²) in [6.07, 6.45) is 0. The third-order valence-corrected chi connectivity index (χ3v) is 2.20. The highest BCUT2D eigenvalue weighted by molar-refractivity contribution is 5.96. The molecule has 0 spiro atoms. The lowest BCUT2D eigenvalue weighted by Gasteiger charge is -2.08. The first-order chi connectivity index (χ1) is 8.91. The molecule has 0 radical (unpaired) electrons. The van der Waals surface area contributed by atoms with Crippen LogP contribution in [-0.4, -0.2) is 25.2 Å². The molecule has 0 heterocycles. The smallest absolute Gasteiger partial charge is 0.340 e. The maximum Gasteiger partial charge on any atom is 0.340 e. The van der Waals surface area contributed by atoms with Gasteiger partial charge in [-0.15, -0.1) is 0 Å². The van der Waals surface area contributed by atoms with Crippen molar-refractivity contribution in [2.45, 2.75) is 6.92 Å². The minimum atomic E-state index is -0.615. The van der Waals surface area contributed by atoms with Crippen LogP contribution >= 0.6 is 0 Å². The molecule has 0 aromatic heterocycles. The summed E-state index contributed by atoms with van der Waals surface area (Å²) in [6, 6.07) is 4.53. The van der Waals surface area contributed by atoms with Gasteiger partial charge in [-0.3, -0.25) is 0 Å². The molecule has 6 nitrogen and oxygen atoms in total. The van der Waals surface area contributed by atoms with Crippen LogP contribution in [0, 0.1) is 0 Å². The summed E-state index contributed by atoms with van der Waals surface area (Å²) in [7, 11) is 0. The van der Waals surface area contributed by atoms with Crippen LogP contribution in [0.3, 0.4) is 0 Å². The highest BCUT2D eigenvalue weighted by Crippen LogP contribution is 2.16. The topological polar surface area (TPSA) is 105 Å². The van der Waals surface area contributed by atoms with E-state index in [0.717, 1.165) is 0 Å². The van der Waals surface area contributed by atoms with Crippen LogP contribution in [0.15, 0.2) is 30.4 Å². The Morgan fingerprint density at radius 1 is 1.21 bits per heavy atom. The van der Waals surface area contributed by atoms with Crippen molar-refractivity contribution in [1.29, 1.82) is 0 Å². The van der Waals surface area contributed by atoms with E-state index in [0.29, 0.717) is 5.69 Å². The van der Waals surface area contributed by atoms with Crippen molar-refractivity contribution in [1.82, 2.24) is 0 Å². The van der Waals surface area contributed by atoms with E-state index in [1.807, 2.05) is 0 Å². The normalized spacial score (nSPS) is 9.74. The lowest BCUT2D eigenvalue weighted by molar-refractivity contribution is -0.140. The number of rotatable bonds is 5. The molecular weight excluding hydrogens is 248 g/mol. The summed E-state index contributed by atoms with van der Waals surface area (Å²) in [6.45, 7) is 4.85. The van der Waals surface area contributed by atoms with E-state index in [1.165, 1.54) is 19.1 Å². The Labute approximate surface area is 111 Å². The summed E-state index contributed by atoms with van der Waals surface area (Å²) in [5.74, 6) is -1.14. The Morgan fingerprint density at radius 3 is 2.47 bits per heavy atom. The van der Waals surface area contributed by atoms with Gasteiger partial charge in [0, 0.05) is 16.9 Å². The molecule has 6 heteroatoms. The van der Waals surface area contributed by atoms with Crippen molar-refractivity contribution in [3.8, 4) is 0 Å². The number of carbonyl (C=O) groups is 2. The van der Waals surface area contributed by atoms with E-state index in [2.05, 4.69) is 6.58 Å². The fraction of sp³-hybridized carbons (Fsp3) is 0.231. The average Bonchev–Trinajstić information content (AvgIpc) is 2.36. The second-order valence-corrected chi connectivity index (χ2v) is 3.90. The highest BCUT2D eigenvalue weighted by Gasteiger charge is 2.12. The van der Waals surface area contributed by atoms with Gasteiger partial charge in [0.05, 0.1) is 5.56 Å². The van der Waals surface area contributed by atoms with E-state index in [-0.39, 0.29) is 30.0 Å². The van der Waals surface area contributed by atoms with E-state index in [1.54, 1.807) is 6.07 Å².